The molecule has 0 aliphatic carbocycles. The molecule has 0 saturated heterocycles. The third kappa shape index (κ3) is 5.70. The molecule has 2 aromatic heterocycles. The Bertz CT molecular complexity index is 530. The van der Waals surface area contributed by atoms with Gasteiger partial charge in [0, 0.05) is 45.0 Å². The molecule has 0 bridgehead atoms. The molecular weight excluding hydrogens is 381 g/mol. The van der Waals surface area contributed by atoms with Crippen LogP contribution in [0, 0.1) is 0 Å². The Labute approximate surface area is 141 Å². The van der Waals surface area contributed by atoms with Gasteiger partial charge in [0.2, 0.25) is 0 Å². The summed E-state index contributed by atoms with van der Waals surface area (Å²) in [6.07, 6.45) is 4.24. The van der Waals surface area contributed by atoms with Crippen molar-refractivity contribution in [1.29, 1.82) is 0 Å². The molecule has 0 atom stereocenters. The monoisotopic (exact) mass is 401 g/mol. The molecule has 21 heavy (non-hydrogen) atoms. The maximum absolute atomic E-state index is 4.82. The van der Waals surface area contributed by atoms with E-state index in [1.54, 1.807) is 19.5 Å². The van der Waals surface area contributed by atoms with Crippen LogP contribution in [0.25, 0.3) is 0 Å². The van der Waals surface area contributed by atoms with Gasteiger partial charge in [0.1, 0.15) is 12.0 Å². The molecule has 0 spiro atoms. The molecule has 1 N–H and O–H groups in total. The van der Waals surface area contributed by atoms with E-state index in [-0.39, 0.29) is 24.0 Å². The molecule has 0 unspecified atom stereocenters. The molecule has 0 saturated carbocycles. The van der Waals surface area contributed by atoms with Crippen LogP contribution in [0.2, 0.25) is 0 Å². The fourth-order valence-corrected chi connectivity index (χ4v) is 1.87. The standard InChI is InChI=1S/C14H19N5O.HI/c1-15-14(19(2)11-13-7-10-20-18-13)17-9-6-12-5-3-4-8-16-12;/h3-5,7-8,10H,6,9,11H2,1-2H3,(H,15,17);1H. The minimum absolute atomic E-state index is 0. The van der Waals surface area contributed by atoms with Crippen molar-refractivity contribution in [3.8, 4) is 0 Å². The van der Waals surface area contributed by atoms with Gasteiger partial charge in [-0.15, -0.1) is 24.0 Å². The number of hydrogen-bond donors (Lipinski definition) is 1. The van der Waals surface area contributed by atoms with Crippen molar-refractivity contribution in [1.82, 2.24) is 20.4 Å². The highest BCUT2D eigenvalue weighted by molar-refractivity contribution is 14.0. The minimum Gasteiger partial charge on any atom is -0.364 e. The number of pyridine rings is 1. The van der Waals surface area contributed by atoms with Crippen LogP contribution in [0.5, 0.6) is 0 Å². The molecule has 0 amide bonds. The fourth-order valence-electron chi connectivity index (χ4n) is 1.87. The summed E-state index contributed by atoms with van der Waals surface area (Å²) in [7, 11) is 3.73. The lowest BCUT2D eigenvalue weighted by atomic mass is 10.3. The Balaban J connectivity index is 0.00000220. The summed E-state index contributed by atoms with van der Waals surface area (Å²) < 4.78 is 4.82. The second-order valence-electron chi connectivity index (χ2n) is 4.39. The minimum atomic E-state index is 0. The summed E-state index contributed by atoms with van der Waals surface area (Å²) in [5.41, 5.74) is 1.94. The first kappa shape index (κ1) is 17.4. The van der Waals surface area contributed by atoms with E-state index in [2.05, 4.69) is 20.4 Å². The van der Waals surface area contributed by atoms with Crippen molar-refractivity contribution in [2.75, 3.05) is 20.6 Å². The zero-order valence-electron chi connectivity index (χ0n) is 12.2. The lowest BCUT2D eigenvalue weighted by molar-refractivity contribution is 0.391. The Hall–Kier alpha value is -1.64. The summed E-state index contributed by atoms with van der Waals surface area (Å²) in [6.45, 7) is 1.44. The summed E-state index contributed by atoms with van der Waals surface area (Å²) in [6, 6.07) is 7.77. The number of rotatable bonds is 5. The maximum Gasteiger partial charge on any atom is 0.193 e. The van der Waals surface area contributed by atoms with Crippen molar-refractivity contribution in [2.24, 2.45) is 4.99 Å². The van der Waals surface area contributed by atoms with Crippen molar-refractivity contribution in [3.05, 3.63) is 48.1 Å². The third-order valence-electron chi connectivity index (χ3n) is 2.85. The summed E-state index contributed by atoms with van der Waals surface area (Å²) >= 11 is 0. The van der Waals surface area contributed by atoms with Gasteiger partial charge >= 0.3 is 0 Å². The number of nitrogens with zero attached hydrogens (tertiary/aromatic N) is 4. The first-order chi connectivity index (χ1) is 9.79. The lowest BCUT2D eigenvalue weighted by Crippen LogP contribution is -2.39. The predicted molar refractivity (Wildman–Crippen MR) is 92.7 cm³/mol. The Morgan fingerprint density at radius 3 is 2.81 bits per heavy atom. The second-order valence-corrected chi connectivity index (χ2v) is 4.39. The molecule has 0 aromatic carbocycles. The number of halogens is 1. The van der Waals surface area contributed by atoms with Crippen LogP contribution in [0.15, 0.2) is 46.2 Å². The quantitative estimate of drug-likeness (QED) is 0.471. The van der Waals surface area contributed by atoms with Gasteiger partial charge in [0.25, 0.3) is 0 Å². The highest BCUT2D eigenvalue weighted by Crippen LogP contribution is 2.00. The molecule has 2 aromatic rings. The van der Waals surface area contributed by atoms with Crippen molar-refractivity contribution in [2.45, 2.75) is 13.0 Å². The maximum atomic E-state index is 4.82. The molecule has 0 fully saturated rings. The van der Waals surface area contributed by atoms with Crippen LogP contribution < -0.4 is 5.32 Å². The van der Waals surface area contributed by atoms with Crippen LogP contribution in [-0.2, 0) is 13.0 Å². The SMILES string of the molecule is CN=C(NCCc1ccccn1)N(C)Cc1ccon1.I. The largest absolute Gasteiger partial charge is 0.364 e. The zero-order valence-corrected chi connectivity index (χ0v) is 14.5. The lowest BCUT2D eigenvalue weighted by Gasteiger charge is -2.20. The van der Waals surface area contributed by atoms with Gasteiger partial charge in [-0.3, -0.25) is 9.98 Å². The molecule has 0 radical (unpaired) electrons. The van der Waals surface area contributed by atoms with E-state index in [1.807, 2.05) is 36.2 Å². The summed E-state index contributed by atoms with van der Waals surface area (Å²) in [5, 5.41) is 7.20. The predicted octanol–water partition coefficient (Wildman–Crippen LogP) is 1.94. The first-order valence-corrected chi connectivity index (χ1v) is 6.50. The number of guanidine groups is 1. The molecule has 7 heteroatoms. The zero-order chi connectivity index (χ0) is 14.2. The van der Waals surface area contributed by atoms with Crippen LogP contribution in [0.3, 0.4) is 0 Å². The third-order valence-corrected chi connectivity index (χ3v) is 2.85. The van der Waals surface area contributed by atoms with Crippen LogP contribution in [0.4, 0.5) is 0 Å². The average Bonchev–Trinajstić information content (AvgIpc) is 2.97. The molecular formula is C14H20IN5O. The highest BCUT2D eigenvalue weighted by Gasteiger charge is 2.07. The molecule has 114 valence electrons. The van der Waals surface area contributed by atoms with Crippen LogP contribution in [0.1, 0.15) is 11.4 Å². The average molecular weight is 401 g/mol. The summed E-state index contributed by atoms with van der Waals surface area (Å²) in [5.74, 6) is 0.823. The highest BCUT2D eigenvalue weighted by atomic mass is 127. The number of aliphatic imine (C=N–C) groups is 1. The molecule has 0 aliphatic rings. The normalized spacial score (nSPS) is 10.9. The van der Waals surface area contributed by atoms with Crippen molar-refractivity contribution < 1.29 is 4.52 Å². The van der Waals surface area contributed by atoms with E-state index in [4.69, 9.17) is 4.52 Å². The van der Waals surface area contributed by atoms with E-state index in [0.717, 1.165) is 30.3 Å². The van der Waals surface area contributed by atoms with E-state index in [0.29, 0.717) is 6.54 Å². The topological polar surface area (TPSA) is 66.6 Å². The first-order valence-electron chi connectivity index (χ1n) is 6.50. The number of hydrogen-bond acceptors (Lipinski definition) is 4. The van der Waals surface area contributed by atoms with E-state index in [9.17, 15) is 0 Å². The van der Waals surface area contributed by atoms with Crippen molar-refractivity contribution in [3.63, 3.8) is 0 Å². The Morgan fingerprint density at radius 2 is 2.19 bits per heavy atom. The smallest absolute Gasteiger partial charge is 0.193 e. The fraction of sp³-hybridized carbons (Fsp3) is 0.357. The second kappa shape index (κ2) is 9.32. The van der Waals surface area contributed by atoms with Gasteiger partial charge < -0.3 is 14.7 Å². The molecule has 0 aliphatic heterocycles. The Kier molecular flexibility index (Phi) is 7.73. The van der Waals surface area contributed by atoms with Gasteiger partial charge in [0.15, 0.2) is 5.96 Å². The van der Waals surface area contributed by atoms with Gasteiger partial charge in [-0.05, 0) is 12.1 Å². The van der Waals surface area contributed by atoms with E-state index >= 15 is 0 Å². The van der Waals surface area contributed by atoms with Crippen molar-refractivity contribution >= 4 is 29.9 Å². The van der Waals surface area contributed by atoms with Gasteiger partial charge in [-0.2, -0.15) is 0 Å². The number of nitrogens with one attached hydrogen (secondary N) is 1. The van der Waals surface area contributed by atoms with Crippen LogP contribution >= 0.6 is 24.0 Å². The van der Waals surface area contributed by atoms with Gasteiger partial charge in [-0.1, -0.05) is 11.2 Å². The van der Waals surface area contributed by atoms with Gasteiger partial charge in [-0.25, -0.2) is 0 Å². The Morgan fingerprint density at radius 1 is 1.33 bits per heavy atom. The molecule has 2 rings (SSSR count). The van der Waals surface area contributed by atoms with Gasteiger partial charge in [0.05, 0.1) is 6.54 Å². The number of aromatic nitrogens is 2. The van der Waals surface area contributed by atoms with Crippen LogP contribution in [-0.4, -0.2) is 41.6 Å². The molecule has 6 nitrogen and oxygen atoms in total. The molecule has 2 heterocycles. The van der Waals surface area contributed by atoms with E-state index < -0.39 is 0 Å². The van der Waals surface area contributed by atoms with E-state index in [1.165, 1.54) is 0 Å². The summed E-state index contributed by atoms with van der Waals surface area (Å²) in [4.78, 5) is 10.5.